The molecule has 0 atom stereocenters. The number of ether oxygens (including phenoxy) is 1. The number of hydrogen-bond acceptors (Lipinski definition) is 6. The van der Waals surface area contributed by atoms with Crippen molar-refractivity contribution >= 4 is 11.6 Å². The Hall–Kier alpha value is -3.55. The third-order valence-electron chi connectivity index (χ3n) is 4.07. The van der Waals surface area contributed by atoms with E-state index in [0.717, 1.165) is 18.5 Å². The van der Waals surface area contributed by atoms with Gasteiger partial charge in [-0.25, -0.2) is 15.0 Å². The second-order valence-electron chi connectivity index (χ2n) is 6.27. The summed E-state index contributed by atoms with van der Waals surface area (Å²) < 4.78 is 6.77. The van der Waals surface area contributed by atoms with Crippen molar-refractivity contribution in [2.45, 2.75) is 25.3 Å². The lowest BCUT2D eigenvalue weighted by molar-refractivity contribution is -0.116. The van der Waals surface area contributed by atoms with Crippen LogP contribution in [-0.2, 0) is 11.3 Å². The first-order chi connectivity index (χ1) is 13.2. The van der Waals surface area contributed by atoms with Crippen LogP contribution in [-0.4, -0.2) is 25.4 Å². The second kappa shape index (κ2) is 7.36. The molecule has 0 bridgehead atoms. The minimum absolute atomic E-state index is 0.126. The van der Waals surface area contributed by atoms with Crippen LogP contribution in [0.4, 0.5) is 5.69 Å². The summed E-state index contributed by atoms with van der Waals surface area (Å²) in [5.74, 6) is 0.657. The molecule has 3 aromatic rings. The first-order valence-corrected chi connectivity index (χ1v) is 8.58. The van der Waals surface area contributed by atoms with Crippen molar-refractivity contribution < 1.29 is 9.53 Å². The summed E-state index contributed by atoms with van der Waals surface area (Å²) in [7, 11) is 0. The maximum atomic E-state index is 12.2. The minimum atomic E-state index is -0.363. The van der Waals surface area contributed by atoms with Gasteiger partial charge in [-0.2, -0.15) is 0 Å². The van der Waals surface area contributed by atoms with Crippen LogP contribution in [0.3, 0.4) is 0 Å². The summed E-state index contributed by atoms with van der Waals surface area (Å²) in [6.07, 6.45) is 6.45. The molecule has 136 valence electrons. The van der Waals surface area contributed by atoms with Gasteiger partial charge in [0.15, 0.2) is 0 Å². The lowest BCUT2D eigenvalue weighted by Gasteiger charge is -2.08. The molecular weight excluding hydrogens is 346 g/mol. The fraction of sp³-hybridized carbons (Fsp3) is 0.211. The summed E-state index contributed by atoms with van der Waals surface area (Å²) in [6, 6.07) is 10.8. The Balaban J connectivity index is 1.36. The van der Waals surface area contributed by atoms with Crippen molar-refractivity contribution in [1.29, 1.82) is 0 Å². The van der Waals surface area contributed by atoms with Gasteiger partial charge in [0.2, 0.25) is 5.91 Å². The number of carbonyl (C=O) groups is 1. The molecule has 8 nitrogen and oxygen atoms in total. The minimum Gasteiger partial charge on any atom is -0.424 e. The van der Waals surface area contributed by atoms with E-state index in [9.17, 15) is 9.59 Å². The molecule has 0 radical (unpaired) electrons. The summed E-state index contributed by atoms with van der Waals surface area (Å²) in [5, 5.41) is 2.65. The van der Waals surface area contributed by atoms with Gasteiger partial charge in [-0.15, -0.1) is 0 Å². The number of aromatic nitrogens is 4. The van der Waals surface area contributed by atoms with Crippen LogP contribution in [0.15, 0.2) is 59.9 Å². The number of nitrogens with one attached hydrogen (secondary N) is 1. The lowest BCUT2D eigenvalue weighted by Crippen LogP contribution is -2.27. The summed E-state index contributed by atoms with van der Waals surface area (Å²) in [4.78, 5) is 36.6. The smallest absolute Gasteiger partial charge is 0.322 e. The maximum Gasteiger partial charge on any atom is 0.322 e. The fourth-order valence-corrected chi connectivity index (χ4v) is 2.54. The highest BCUT2D eigenvalue weighted by Crippen LogP contribution is 2.38. The Bertz CT molecular complexity index is 998. The van der Waals surface area contributed by atoms with Crippen LogP contribution >= 0.6 is 0 Å². The van der Waals surface area contributed by atoms with Crippen molar-refractivity contribution in [3.05, 3.63) is 71.2 Å². The van der Waals surface area contributed by atoms with E-state index in [1.165, 1.54) is 29.4 Å². The molecule has 1 aromatic carbocycles. The zero-order chi connectivity index (χ0) is 18.6. The van der Waals surface area contributed by atoms with Gasteiger partial charge in [0.05, 0.1) is 30.1 Å². The largest absolute Gasteiger partial charge is 0.424 e. The molecule has 1 N–H and O–H groups in total. The van der Waals surface area contributed by atoms with Crippen LogP contribution < -0.4 is 15.6 Å². The highest BCUT2D eigenvalue weighted by atomic mass is 16.5. The normalized spacial score (nSPS) is 13.2. The maximum absolute atomic E-state index is 12.2. The van der Waals surface area contributed by atoms with E-state index in [1.54, 1.807) is 12.1 Å². The molecule has 1 aliphatic carbocycles. The monoisotopic (exact) mass is 363 g/mol. The number of hydrogen-bond donors (Lipinski definition) is 1. The van der Waals surface area contributed by atoms with Gasteiger partial charge >= 0.3 is 6.01 Å². The van der Waals surface area contributed by atoms with Crippen molar-refractivity contribution in [3.8, 4) is 11.8 Å². The van der Waals surface area contributed by atoms with E-state index in [4.69, 9.17) is 4.74 Å². The molecule has 0 aliphatic heterocycles. The number of carbonyl (C=O) groups excluding carboxylic acids is 1. The van der Waals surface area contributed by atoms with Crippen LogP contribution in [0, 0.1) is 0 Å². The number of nitrogens with zero attached hydrogens (tertiary/aromatic N) is 4. The third kappa shape index (κ3) is 4.35. The Kier molecular flexibility index (Phi) is 4.61. The molecule has 8 heteroatoms. The molecule has 2 heterocycles. The summed E-state index contributed by atoms with van der Waals surface area (Å²) in [6.45, 7) is -0.126. The molecule has 4 rings (SSSR count). The molecule has 0 saturated heterocycles. The average Bonchev–Trinajstić information content (AvgIpc) is 3.51. The summed E-state index contributed by atoms with van der Waals surface area (Å²) in [5.41, 5.74) is 0.986. The van der Waals surface area contributed by atoms with E-state index in [0.29, 0.717) is 17.4 Å². The van der Waals surface area contributed by atoms with Crippen LogP contribution in [0.1, 0.15) is 24.5 Å². The van der Waals surface area contributed by atoms with Crippen LogP contribution in [0.25, 0.3) is 0 Å². The van der Waals surface area contributed by atoms with Gasteiger partial charge < -0.3 is 10.1 Å². The molecule has 1 fully saturated rings. The molecule has 1 saturated carbocycles. The van der Waals surface area contributed by atoms with Crippen molar-refractivity contribution in [3.63, 3.8) is 0 Å². The number of amides is 1. The highest BCUT2D eigenvalue weighted by molar-refractivity contribution is 5.90. The third-order valence-corrected chi connectivity index (χ3v) is 4.07. The highest BCUT2D eigenvalue weighted by Gasteiger charge is 2.25. The van der Waals surface area contributed by atoms with E-state index in [1.807, 2.05) is 18.2 Å². The number of benzene rings is 1. The van der Waals surface area contributed by atoms with Gasteiger partial charge in [0.1, 0.15) is 12.3 Å². The zero-order valence-electron chi connectivity index (χ0n) is 14.4. The van der Waals surface area contributed by atoms with Gasteiger partial charge in [0, 0.05) is 12.0 Å². The molecule has 27 heavy (non-hydrogen) atoms. The number of rotatable bonds is 6. The van der Waals surface area contributed by atoms with Crippen molar-refractivity contribution in [2.24, 2.45) is 0 Å². The topological polar surface area (TPSA) is 99.0 Å². The fourth-order valence-electron chi connectivity index (χ4n) is 2.54. The first kappa shape index (κ1) is 16.9. The Labute approximate surface area is 154 Å². The van der Waals surface area contributed by atoms with Crippen molar-refractivity contribution in [1.82, 2.24) is 19.5 Å². The van der Waals surface area contributed by atoms with E-state index < -0.39 is 0 Å². The molecule has 2 aromatic heterocycles. The van der Waals surface area contributed by atoms with Gasteiger partial charge in [0.25, 0.3) is 5.56 Å². The lowest BCUT2D eigenvalue weighted by atomic mass is 10.3. The molecule has 0 spiro atoms. The Morgan fingerprint density at radius 2 is 1.89 bits per heavy atom. The number of anilines is 1. The first-order valence-electron chi connectivity index (χ1n) is 8.58. The van der Waals surface area contributed by atoms with Crippen LogP contribution in [0.5, 0.6) is 11.8 Å². The van der Waals surface area contributed by atoms with E-state index in [-0.39, 0.29) is 24.0 Å². The van der Waals surface area contributed by atoms with Gasteiger partial charge in [-0.3, -0.25) is 14.2 Å². The van der Waals surface area contributed by atoms with Gasteiger partial charge in [-0.1, -0.05) is 18.2 Å². The SMILES string of the molecule is O=C(Cn1cnc(C2CC2)cc1=O)Nc1cnc(Oc2ccccc2)nc1. The molecule has 0 unspecified atom stereocenters. The second-order valence-corrected chi connectivity index (χ2v) is 6.27. The van der Waals surface area contributed by atoms with E-state index >= 15 is 0 Å². The van der Waals surface area contributed by atoms with Crippen molar-refractivity contribution in [2.75, 3.05) is 5.32 Å². The van der Waals surface area contributed by atoms with Gasteiger partial charge in [-0.05, 0) is 25.0 Å². The van der Waals surface area contributed by atoms with Crippen LogP contribution in [0.2, 0.25) is 0 Å². The molecule has 1 amide bonds. The summed E-state index contributed by atoms with van der Waals surface area (Å²) >= 11 is 0. The Morgan fingerprint density at radius 1 is 1.15 bits per heavy atom. The predicted octanol–water partition coefficient (Wildman–Crippen LogP) is 2.34. The van der Waals surface area contributed by atoms with E-state index in [2.05, 4.69) is 20.3 Å². The molecular formula is C19H17N5O3. The quantitative estimate of drug-likeness (QED) is 0.722. The predicted molar refractivity (Wildman–Crippen MR) is 97.6 cm³/mol. The number of para-hydroxylation sites is 1. The average molecular weight is 363 g/mol. The molecule has 1 aliphatic rings. The zero-order valence-corrected chi connectivity index (χ0v) is 14.4. The Morgan fingerprint density at radius 3 is 2.56 bits per heavy atom. The standard InChI is InChI=1S/C19H17N5O3/c25-17(11-24-12-22-16(8-18(24)26)13-6-7-13)23-14-9-20-19(21-10-14)27-15-4-2-1-3-5-15/h1-5,8-10,12-13H,6-7,11H2,(H,23,25).